The van der Waals surface area contributed by atoms with Crippen LogP contribution in [0.1, 0.15) is 25.3 Å². The van der Waals surface area contributed by atoms with Gasteiger partial charge < -0.3 is 19.6 Å². The molecule has 1 saturated heterocycles. The normalized spacial score (nSPS) is 15.8. The first kappa shape index (κ1) is 22.7. The van der Waals surface area contributed by atoms with Crippen molar-refractivity contribution in [1.29, 1.82) is 0 Å². The van der Waals surface area contributed by atoms with Crippen molar-refractivity contribution in [2.24, 2.45) is 4.99 Å². The lowest BCUT2D eigenvalue weighted by Gasteiger charge is -2.36. The molecule has 2 heterocycles. The Labute approximate surface area is 173 Å². The highest BCUT2D eigenvalue weighted by Crippen LogP contribution is 2.09. The van der Waals surface area contributed by atoms with Crippen molar-refractivity contribution in [1.82, 2.24) is 25.2 Å². The van der Waals surface area contributed by atoms with Crippen molar-refractivity contribution in [3.63, 3.8) is 0 Å². The lowest BCUT2D eigenvalue weighted by molar-refractivity contribution is -0.127. The third-order valence-electron chi connectivity index (χ3n) is 4.01. The van der Waals surface area contributed by atoms with Crippen LogP contribution in [-0.2, 0) is 11.3 Å². The molecule has 1 amide bonds. The Balaban J connectivity index is 0.00000338. The first-order chi connectivity index (χ1) is 11.8. The molecular formula is C17H31IN6O2. The highest BCUT2D eigenvalue weighted by molar-refractivity contribution is 14.0. The topological polar surface area (TPSA) is 77.2 Å². The zero-order valence-corrected chi connectivity index (χ0v) is 18.7. The molecule has 8 nitrogen and oxygen atoms in total. The Morgan fingerprint density at radius 3 is 2.50 bits per heavy atom. The van der Waals surface area contributed by atoms with E-state index in [1.165, 1.54) is 0 Å². The molecule has 26 heavy (non-hydrogen) atoms. The molecule has 9 heteroatoms. The number of piperazine rings is 1. The van der Waals surface area contributed by atoms with Crippen LogP contribution in [0.5, 0.6) is 0 Å². The molecule has 1 aliphatic rings. The predicted molar refractivity (Wildman–Crippen MR) is 113 cm³/mol. The number of aliphatic imine (C=N–C) groups is 1. The van der Waals surface area contributed by atoms with Crippen molar-refractivity contribution in [3.05, 3.63) is 17.5 Å². The van der Waals surface area contributed by atoms with Gasteiger partial charge in [-0.05, 0) is 20.8 Å². The van der Waals surface area contributed by atoms with E-state index >= 15 is 0 Å². The molecule has 1 aromatic heterocycles. The lowest BCUT2D eigenvalue weighted by Crippen LogP contribution is -2.53. The summed E-state index contributed by atoms with van der Waals surface area (Å²) in [5, 5.41) is 7.43. The monoisotopic (exact) mass is 478 g/mol. The molecule has 0 bridgehead atoms. The lowest BCUT2D eigenvalue weighted by atomic mass is 10.3. The van der Waals surface area contributed by atoms with E-state index in [4.69, 9.17) is 4.52 Å². The van der Waals surface area contributed by atoms with E-state index in [0.717, 1.165) is 50.1 Å². The minimum atomic E-state index is 0. The van der Waals surface area contributed by atoms with Crippen LogP contribution in [0.25, 0.3) is 0 Å². The van der Waals surface area contributed by atoms with Gasteiger partial charge in [-0.15, -0.1) is 24.0 Å². The summed E-state index contributed by atoms with van der Waals surface area (Å²) in [5.74, 6) is 1.65. The predicted octanol–water partition coefficient (Wildman–Crippen LogP) is 1.16. The van der Waals surface area contributed by atoms with Crippen LogP contribution in [0, 0.1) is 6.92 Å². The summed E-state index contributed by atoms with van der Waals surface area (Å²) in [4.78, 5) is 22.5. The Hall–Kier alpha value is -1.36. The summed E-state index contributed by atoms with van der Waals surface area (Å²) in [5.41, 5.74) is 0.969. The number of halogens is 1. The molecule has 0 unspecified atom stereocenters. The third kappa shape index (κ3) is 7.10. The van der Waals surface area contributed by atoms with Gasteiger partial charge in [0.25, 0.3) is 0 Å². The Kier molecular flexibility index (Phi) is 9.34. The van der Waals surface area contributed by atoms with E-state index in [-0.39, 0.29) is 42.5 Å². The van der Waals surface area contributed by atoms with Crippen LogP contribution < -0.4 is 5.32 Å². The Morgan fingerprint density at radius 1 is 1.35 bits per heavy atom. The summed E-state index contributed by atoms with van der Waals surface area (Å²) >= 11 is 0. The molecule has 1 fully saturated rings. The fourth-order valence-corrected chi connectivity index (χ4v) is 2.62. The summed E-state index contributed by atoms with van der Waals surface area (Å²) in [6.45, 7) is 10.6. The summed E-state index contributed by atoms with van der Waals surface area (Å²) < 4.78 is 5.13. The smallest absolute Gasteiger partial charge is 0.243 e. The van der Waals surface area contributed by atoms with Gasteiger partial charge in [-0.2, -0.15) is 0 Å². The second-order valence-corrected chi connectivity index (χ2v) is 6.92. The average molecular weight is 478 g/mol. The second-order valence-electron chi connectivity index (χ2n) is 6.92. The van der Waals surface area contributed by atoms with Crippen LogP contribution in [0.4, 0.5) is 0 Å². The Morgan fingerprint density at radius 2 is 2.00 bits per heavy atom. The molecule has 0 saturated carbocycles. The zero-order valence-electron chi connectivity index (χ0n) is 16.4. The summed E-state index contributed by atoms with van der Waals surface area (Å²) in [6.07, 6.45) is 0. The van der Waals surface area contributed by atoms with Crippen molar-refractivity contribution >= 4 is 35.8 Å². The number of hydrogen-bond acceptors (Lipinski definition) is 5. The molecule has 1 aliphatic heterocycles. The average Bonchev–Trinajstić information content (AvgIpc) is 2.96. The van der Waals surface area contributed by atoms with E-state index in [2.05, 4.69) is 39.1 Å². The SMILES string of the molecule is Cc1cc(CN2CCN(C(=NCC(=O)N(C)C)NC(C)C)CC2)no1.I. The molecule has 2 rings (SSSR count). The largest absolute Gasteiger partial charge is 0.361 e. The number of carbonyl (C=O) groups is 1. The fraction of sp³-hybridized carbons (Fsp3) is 0.706. The van der Waals surface area contributed by atoms with Gasteiger partial charge in [0.15, 0.2) is 5.96 Å². The molecule has 148 valence electrons. The van der Waals surface area contributed by atoms with E-state index in [1.807, 2.05) is 13.0 Å². The number of nitrogens with zero attached hydrogens (tertiary/aromatic N) is 5. The number of hydrogen-bond donors (Lipinski definition) is 1. The number of amides is 1. The minimum absolute atomic E-state index is 0. The van der Waals surface area contributed by atoms with Gasteiger partial charge in [-0.25, -0.2) is 4.99 Å². The number of carbonyl (C=O) groups excluding carboxylic acids is 1. The molecule has 0 spiro atoms. The maximum Gasteiger partial charge on any atom is 0.243 e. The van der Waals surface area contributed by atoms with Gasteiger partial charge in [0.05, 0.1) is 5.69 Å². The van der Waals surface area contributed by atoms with Crippen molar-refractivity contribution in [3.8, 4) is 0 Å². The summed E-state index contributed by atoms with van der Waals surface area (Å²) in [7, 11) is 3.50. The maximum absolute atomic E-state index is 11.8. The maximum atomic E-state index is 11.8. The first-order valence-corrected chi connectivity index (χ1v) is 8.75. The van der Waals surface area contributed by atoms with Gasteiger partial charge in [0, 0.05) is 58.9 Å². The highest BCUT2D eigenvalue weighted by atomic mass is 127. The van der Waals surface area contributed by atoms with Crippen molar-refractivity contribution in [2.45, 2.75) is 33.4 Å². The van der Waals surface area contributed by atoms with E-state index in [9.17, 15) is 4.79 Å². The van der Waals surface area contributed by atoms with Gasteiger partial charge in [0.2, 0.25) is 5.91 Å². The molecule has 0 aliphatic carbocycles. The van der Waals surface area contributed by atoms with Crippen LogP contribution in [0.15, 0.2) is 15.6 Å². The van der Waals surface area contributed by atoms with E-state index < -0.39 is 0 Å². The van der Waals surface area contributed by atoms with E-state index in [0.29, 0.717) is 0 Å². The standard InChI is InChI=1S/C17H30N6O2.HI/c1-13(2)19-17(18-11-16(24)21(4)5)23-8-6-22(7-9-23)12-15-10-14(3)25-20-15;/h10,13H,6-9,11-12H2,1-5H3,(H,18,19);1H. The molecule has 0 radical (unpaired) electrons. The fourth-order valence-electron chi connectivity index (χ4n) is 2.62. The first-order valence-electron chi connectivity index (χ1n) is 8.75. The van der Waals surface area contributed by atoms with Crippen molar-refractivity contribution in [2.75, 3.05) is 46.8 Å². The van der Waals surface area contributed by atoms with Gasteiger partial charge in [0.1, 0.15) is 12.3 Å². The molecule has 1 aromatic rings. The van der Waals surface area contributed by atoms with Crippen LogP contribution in [-0.4, -0.2) is 84.6 Å². The third-order valence-corrected chi connectivity index (χ3v) is 4.01. The van der Waals surface area contributed by atoms with Crippen molar-refractivity contribution < 1.29 is 9.32 Å². The summed E-state index contributed by atoms with van der Waals surface area (Å²) in [6, 6.07) is 2.25. The molecule has 0 atom stereocenters. The zero-order chi connectivity index (χ0) is 18.4. The minimum Gasteiger partial charge on any atom is -0.361 e. The van der Waals surface area contributed by atoms with Crippen LogP contribution in [0.3, 0.4) is 0 Å². The van der Waals surface area contributed by atoms with Gasteiger partial charge >= 0.3 is 0 Å². The van der Waals surface area contributed by atoms with Crippen LogP contribution >= 0.6 is 24.0 Å². The number of rotatable bonds is 5. The Bertz CT molecular complexity index is 594. The quantitative estimate of drug-likeness (QED) is 0.389. The van der Waals surface area contributed by atoms with Gasteiger partial charge in [-0.3, -0.25) is 9.69 Å². The molecule has 1 N–H and O–H groups in total. The van der Waals surface area contributed by atoms with Crippen LogP contribution in [0.2, 0.25) is 0 Å². The second kappa shape index (κ2) is 10.7. The number of guanidine groups is 1. The molecular weight excluding hydrogens is 447 g/mol. The molecule has 0 aromatic carbocycles. The highest BCUT2D eigenvalue weighted by Gasteiger charge is 2.21. The number of nitrogens with one attached hydrogen (secondary N) is 1. The number of aromatic nitrogens is 1. The number of aryl methyl sites for hydroxylation is 1. The van der Waals surface area contributed by atoms with E-state index in [1.54, 1.807) is 19.0 Å². The van der Waals surface area contributed by atoms with Gasteiger partial charge in [-0.1, -0.05) is 5.16 Å². The number of likely N-dealkylation sites (N-methyl/N-ethyl adjacent to an activating group) is 1.